The summed E-state index contributed by atoms with van der Waals surface area (Å²) in [5.74, 6) is 0. The molecule has 18 rings (SSSR count). The zero-order chi connectivity index (χ0) is 78.4. The smallest absolute Gasteiger partial charge is 0.0464 e. The van der Waals surface area contributed by atoms with Crippen molar-refractivity contribution < 1.29 is 0 Å². The molecule has 0 atom stereocenters. The van der Waals surface area contributed by atoms with E-state index in [1.807, 2.05) is 0 Å². The molecule has 2 aliphatic carbocycles. The van der Waals surface area contributed by atoms with Crippen LogP contribution in [0.3, 0.4) is 0 Å². The molecule has 0 radical (unpaired) electrons. The van der Waals surface area contributed by atoms with Gasteiger partial charge in [-0.05, 0) is 291 Å². The normalized spacial score (nSPS) is 13.5. The molecule has 2 aliphatic rings. The molecule has 1 spiro atoms. The number of fused-ring (bicyclic) bond motifs is 4. The predicted octanol–water partition coefficient (Wildman–Crippen LogP) is 31.5. The van der Waals surface area contributed by atoms with E-state index in [9.17, 15) is 0 Å². The second kappa shape index (κ2) is 30.9. The van der Waals surface area contributed by atoms with Crippen molar-refractivity contribution in [3.63, 3.8) is 0 Å². The van der Waals surface area contributed by atoms with E-state index in [1.165, 1.54) is 156 Å². The van der Waals surface area contributed by atoms with E-state index in [2.05, 4.69) is 441 Å². The fraction of sp³-hybridized carbons (Fsp3) is 0.150. The van der Waals surface area contributed by atoms with Crippen LogP contribution in [0.2, 0.25) is 0 Å². The molecule has 0 heterocycles. The van der Waals surface area contributed by atoms with Gasteiger partial charge in [-0.2, -0.15) is 0 Å². The van der Waals surface area contributed by atoms with Gasteiger partial charge in [-0.1, -0.05) is 346 Å². The monoisotopic (exact) mass is 1480 g/mol. The van der Waals surface area contributed by atoms with Crippen LogP contribution in [0.4, 0.5) is 34.1 Å². The zero-order valence-electron chi connectivity index (χ0n) is 67.4. The van der Waals surface area contributed by atoms with Gasteiger partial charge in [0.05, 0.1) is 0 Å². The van der Waals surface area contributed by atoms with Crippen molar-refractivity contribution >= 4 is 34.1 Å². The van der Waals surface area contributed by atoms with Crippen molar-refractivity contribution in [2.24, 2.45) is 0 Å². The molecule has 2 heteroatoms. The Morgan fingerprint density at radius 2 is 0.435 bits per heavy atom. The van der Waals surface area contributed by atoms with E-state index in [4.69, 9.17) is 0 Å². The summed E-state index contributed by atoms with van der Waals surface area (Å²) in [5, 5.41) is 0. The van der Waals surface area contributed by atoms with E-state index in [1.54, 1.807) is 0 Å². The van der Waals surface area contributed by atoms with Crippen LogP contribution in [-0.4, -0.2) is 0 Å². The van der Waals surface area contributed by atoms with E-state index in [-0.39, 0.29) is 16.2 Å². The second-order valence-electron chi connectivity index (χ2n) is 33.5. The van der Waals surface area contributed by atoms with E-state index in [0.717, 1.165) is 72.6 Å². The maximum absolute atomic E-state index is 2.60. The lowest BCUT2D eigenvalue weighted by Gasteiger charge is -2.31. The molecule has 0 aliphatic heterocycles. The number of hydrogen-bond acceptors (Lipinski definition) is 2. The van der Waals surface area contributed by atoms with Crippen LogP contribution >= 0.6 is 0 Å². The summed E-state index contributed by atoms with van der Waals surface area (Å²) in [7, 11) is 0. The van der Waals surface area contributed by atoms with Crippen molar-refractivity contribution in [1.82, 2.24) is 0 Å². The molecule has 0 aromatic heterocycles. The SMILES string of the molecule is CCCc1ccc(-c2ccc(N(c3ccc(-c4ccc(-c5ccc(-c6ccccc6)cc5)cc4)cc3)c3ccc(-c4ccc5c(c4)C4(CC5(C)C)CC(C)(C)c5ccc(-c6ccc(N(c7ccc(-c8ccc(CCC)cc8)cc7)c7ccc(-c8ccc(-c9ccc(-c%10ccccc%10)cc9)cc8)cc7)cc6C)cc54)c(C)c3)cc2)cc1. The Hall–Kier alpha value is -12.9. The highest BCUT2D eigenvalue weighted by Crippen LogP contribution is 2.64. The van der Waals surface area contributed by atoms with E-state index < -0.39 is 0 Å². The molecule has 0 amide bonds. The number of aryl methyl sites for hydroxylation is 4. The lowest BCUT2D eigenvalue weighted by molar-refractivity contribution is 0.349. The van der Waals surface area contributed by atoms with Crippen LogP contribution < -0.4 is 9.80 Å². The summed E-state index contributed by atoms with van der Waals surface area (Å²) in [6.07, 6.45) is 6.55. The summed E-state index contributed by atoms with van der Waals surface area (Å²) in [6.45, 7) is 19.0. The lowest BCUT2D eigenvalue weighted by atomic mass is 9.72. The molecule has 0 bridgehead atoms. The third kappa shape index (κ3) is 14.6. The molecule has 0 N–H and O–H groups in total. The van der Waals surface area contributed by atoms with Gasteiger partial charge in [0.2, 0.25) is 0 Å². The van der Waals surface area contributed by atoms with Crippen LogP contribution in [0, 0.1) is 13.8 Å². The Balaban J connectivity index is 0.647. The maximum atomic E-state index is 2.60. The zero-order valence-corrected chi connectivity index (χ0v) is 67.4. The Morgan fingerprint density at radius 3 is 0.678 bits per heavy atom. The molecule has 16 aromatic carbocycles. The van der Waals surface area contributed by atoms with Crippen LogP contribution in [-0.2, 0) is 29.1 Å². The molecular formula is C113H98N2. The topological polar surface area (TPSA) is 6.48 Å². The van der Waals surface area contributed by atoms with E-state index >= 15 is 0 Å². The summed E-state index contributed by atoms with van der Waals surface area (Å²) >= 11 is 0. The number of benzene rings is 16. The standard InChI is InChI=1S/C113H98N2/c1-9-17-79-23-27-83(28-24-79)93-47-57-99(58-48-93)114(101-61-51-95(52-62-101)91-43-39-89(40-44-91)87-35-31-85(32-36-87)81-19-13-11-14-20-81)103-65-67-105(77(3)71-103)97-55-69-107-109(73-97)113(75-111(107,5)6)76-112(7,8)108-70-56-98(74-110(108)113)106-68-66-104(72-78(106)4)115(100-59-49-94(50-60-100)84-29-25-80(18-10-2)26-30-84)102-63-53-96(54-64-102)92-45-41-90(42-46-92)88-37-33-86(34-38-88)82-21-15-12-16-22-82/h11-16,19-74H,9-10,17-18,75-76H2,1-8H3. The summed E-state index contributed by atoms with van der Waals surface area (Å²) in [6, 6.07) is 141. The summed E-state index contributed by atoms with van der Waals surface area (Å²) in [4.78, 5) is 4.85. The van der Waals surface area contributed by atoms with Gasteiger partial charge in [0, 0.05) is 39.5 Å². The van der Waals surface area contributed by atoms with Crippen molar-refractivity contribution in [3.05, 3.63) is 421 Å². The van der Waals surface area contributed by atoms with Crippen LogP contribution in [0.15, 0.2) is 376 Å². The molecule has 0 unspecified atom stereocenters. The quantitative estimate of drug-likeness (QED) is 0.0750. The minimum Gasteiger partial charge on any atom is -0.310 e. The predicted molar refractivity (Wildman–Crippen MR) is 490 cm³/mol. The van der Waals surface area contributed by atoms with Crippen LogP contribution in [0.5, 0.6) is 0 Å². The second-order valence-corrected chi connectivity index (χ2v) is 33.5. The van der Waals surface area contributed by atoms with Gasteiger partial charge >= 0.3 is 0 Å². The fourth-order valence-corrected chi connectivity index (χ4v) is 19.0. The summed E-state index contributed by atoms with van der Waals surface area (Å²) < 4.78 is 0. The number of nitrogens with zero attached hydrogens (tertiary/aromatic N) is 2. The first-order valence-electron chi connectivity index (χ1n) is 41.4. The average Bonchev–Trinajstić information content (AvgIpc) is 1.52. The van der Waals surface area contributed by atoms with Gasteiger partial charge in [-0.3, -0.25) is 0 Å². The minimum absolute atomic E-state index is 0.0399. The molecule has 2 nitrogen and oxygen atoms in total. The van der Waals surface area contributed by atoms with Crippen molar-refractivity contribution in [2.45, 2.75) is 110 Å². The summed E-state index contributed by atoms with van der Waals surface area (Å²) in [5.41, 5.74) is 41.9. The molecule has 16 aromatic rings. The Kier molecular flexibility index (Phi) is 19.8. The minimum atomic E-state index is -0.182. The van der Waals surface area contributed by atoms with Gasteiger partial charge in [-0.25, -0.2) is 0 Å². The highest BCUT2D eigenvalue weighted by molar-refractivity contribution is 5.87. The lowest BCUT2D eigenvalue weighted by Crippen LogP contribution is -2.27. The Morgan fingerprint density at radius 1 is 0.217 bits per heavy atom. The molecule has 115 heavy (non-hydrogen) atoms. The van der Waals surface area contributed by atoms with Crippen LogP contribution in [0.1, 0.15) is 112 Å². The van der Waals surface area contributed by atoms with Crippen molar-refractivity contribution in [1.29, 1.82) is 0 Å². The molecule has 0 saturated heterocycles. The Bertz CT molecular complexity index is 5750. The third-order valence-electron chi connectivity index (χ3n) is 24.8. The fourth-order valence-electron chi connectivity index (χ4n) is 19.0. The highest BCUT2D eigenvalue weighted by Gasteiger charge is 2.56. The third-order valence-corrected chi connectivity index (χ3v) is 24.8. The van der Waals surface area contributed by atoms with Gasteiger partial charge < -0.3 is 9.80 Å². The van der Waals surface area contributed by atoms with Gasteiger partial charge in [-0.15, -0.1) is 0 Å². The Labute approximate surface area is 681 Å². The average molecular weight is 1480 g/mol. The molecule has 560 valence electrons. The largest absolute Gasteiger partial charge is 0.310 e. The van der Waals surface area contributed by atoms with Crippen LogP contribution in [0.25, 0.3) is 111 Å². The number of hydrogen-bond donors (Lipinski definition) is 0. The van der Waals surface area contributed by atoms with Gasteiger partial charge in [0.25, 0.3) is 0 Å². The van der Waals surface area contributed by atoms with Gasteiger partial charge in [0.1, 0.15) is 0 Å². The van der Waals surface area contributed by atoms with Crippen molar-refractivity contribution in [3.8, 4) is 111 Å². The van der Waals surface area contributed by atoms with Gasteiger partial charge in [0.15, 0.2) is 0 Å². The first-order valence-corrected chi connectivity index (χ1v) is 41.4. The maximum Gasteiger partial charge on any atom is 0.0464 e. The number of rotatable bonds is 20. The molecule has 0 fully saturated rings. The first-order chi connectivity index (χ1) is 56.1. The van der Waals surface area contributed by atoms with Crippen molar-refractivity contribution in [2.75, 3.05) is 9.80 Å². The molecule has 0 saturated carbocycles. The first kappa shape index (κ1) is 73.6. The molecular weight excluding hydrogens is 1390 g/mol. The highest BCUT2D eigenvalue weighted by atomic mass is 15.1. The number of anilines is 6. The van der Waals surface area contributed by atoms with E-state index in [0.29, 0.717) is 0 Å².